The lowest BCUT2D eigenvalue weighted by Gasteiger charge is -2.15. The number of rotatable bonds is 6. The van der Waals surface area contributed by atoms with Gasteiger partial charge in [-0.1, -0.05) is 0 Å². The zero-order valence-corrected chi connectivity index (χ0v) is 16.3. The lowest BCUT2D eigenvalue weighted by molar-refractivity contribution is -0.113. The van der Waals surface area contributed by atoms with Gasteiger partial charge in [0.2, 0.25) is 5.88 Å². The topological polar surface area (TPSA) is 105 Å². The fraction of sp³-hybridized carbons (Fsp3) is 0.238. The minimum absolute atomic E-state index is 0.0798. The third-order valence-electron chi connectivity index (χ3n) is 4.81. The van der Waals surface area contributed by atoms with E-state index in [1.54, 1.807) is 12.4 Å². The molecule has 0 saturated heterocycles. The molecule has 4 rings (SSSR count). The van der Waals surface area contributed by atoms with Crippen molar-refractivity contribution in [2.75, 3.05) is 13.2 Å². The number of aromatic nitrogens is 4. The lowest BCUT2D eigenvalue weighted by Crippen LogP contribution is -2.17. The average molecular weight is 409 g/mol. The molecule has 0 spiro atoms. The van der Waals surface area contributed by atoms with E-state index >= 15 is 0 Å². The quantitative estimate of drug-likeness (QED) is 0.623. The van der Waals surface area contributed by atoms with E-state index in [4.69, 9.17) is 15.2 Å². The molecule has 154 valence electrons. The SMILES string of the molecule is CC(=O)/C(COc1cnc(-c2cnn3c2COCC3)cn1)=C(\N)c1ccc(F)cc1. The van der Waals surface area contributed by atoms with Crippen LogP contribution in [0.4, 0.5) is 4.39 Å². The van der Waals surface area contributed by atoms with Gasteiger partial charge in [-0.05, 0) is 36.8 Å². The maximum atomic E-state index is 13.1. The molecule has 0 amide bonds. The van der Waals surface area contributed by atoms with Crippen LogP contribution in [-0.4, -0.2) is 38.7 Å². The van der Waals surface area contributed by atoms with Gasteiger partial charge in [-0.25, -0.2) is 14.4 Å². The second-order valence-electron chi connectivity index (χ2n) is 6.76. The Morgan fingerprint density at radius 1 is 1.23 bits per heavy atom. The second kappa shape index (κ2) is 8.42. The van der Waals surface area contributed by atoms with Crippen molar-refractivity contribution in [3.05, 3.63) is 65.5 Å². The maximum Gasteiger partial charge on any atom is 0.232 e. The summed E-state index contributed by atoms with van der Waals surface area (Å²) in [4.78, 5) is 20.7. The molecule has 0 radical (unpaired) electrons. The molecular weight excluding hydrogens is 389 g/mol. The van der Waals surface area contributed by atoms with E-state index in [0.717, 1.165) is 11.3 Å². The minimum atomic E-state index is -0.381. The van der Waals surface area contributed by atoms with Crippen LogP contribution in [0, 0.1) is 5.82 Å². The first-order valence-electron chi connectivity index (χ1n) is 9.36. The van der Waals surface area contributed by atoms with Crippen molar-refractivity contribution in [1.29, 1.82) is 0 Å². The van der Waals surface area contributed by atoms with Gasteiger partial charge in [0, 0.05) is 11.3 Å². The summed E-state index contributed by atoms with van der Waals surface area (Å²) in [5.41, 5.74) is 9.63. The first-order valence-corrected chi connectivity index (χ1v) is 9.36. The summed E-state index contributed by atoms with van der Waals surface area (Å²) in [5.74, 6) is -0.372. The summed E-state index contributed by atoms with van der Waals surface area (Å²) in [7, 11) is 0. The number of carbonyl (C=O) groups is 1. The van der Waals surface area contributed by atoms with Crippen molar-refractivity contribution >= 4 is 11.5 Å². The zero-order chi connectivity index (χ0) is 21.1. The fourth-order valence-electron chi connectivity index (χ4n) is 3.14. The van der Waals surface area contributed by atoms with Gasteiger partial charge in [0.1, 0.15) is 12.4 Å². The summed E-state index contributed by atoms with van der Waals surface area (Å²) in [6.45, 7) is 3.14. The Morgan fingerprint density at radius 2 is 2.03 bits per heavy atom. The number of benzene rings is 1. The summed E-state index contributed by atoms with van der Waals surface area (Å²) in [6, 6.07) is 5.59. The first kappa shape index (κ1) is 19.7. The van der Waals surface area contributed by atoms with Crippen LogP contribution in [0.5, 0.6) is 5.88 Å². The van der Waals surface area contributed by atoms with Crippen molar-refractivity contribution in [2.45, 2.75) is 20.1 Å². The number of ether oxygens (including phenoxy) is 2. The predicted molar refractivity (Wildman–Crippen MR) is 107 cm³/mol. The molecule has 0 atom stereocenters. The van der Waals surface area contributed by atoms with Crippen LogP contribution in [-0.2, 0) is 22.7 Å². The van der Waals surface area contributed by atoms with Crippen molar-refractivity contribution in [3.63, 3.8) is 0 Å². The van der Waals surface area contributed by atoms with Crippen molar-refractivity contribution in [2.24, 2.45) is 5.73 Å². The third-order valence-corrected chi connectivity index (χ3v) is 4.81. The summed E-state index contributed by atoms with van der Waals surface area (Å²) in [5, 5.41) is 4.34. The number of fused-ring (bicyclic) bond motifs is 1. The molecule has 1 aliphatic heterocycles. The highest BCUT2D eigenvalue weighted by Crippen LogP contribution is 2.24. The molecule has 8 nitrogen and oxygen atoms in total. The van der Waals surface area contributed by atoms with Crippen LogP contribution in [0.25, 0.3) is 17.0 Å². The maximum absolute atomic E-state index is 13.1. The monoisotopic (exact) mass is 409 g/mol. The van der Waals surface area contributed by atoms with E-state index in [0.29, 0.717) is 31.0 Å². The van der Waals surface area contributed by atoms with Crippen LogP contribution in [0.15, 0.2) is 48.4 Å². The van der Waals surface area contributed by atoms with E-state index in [1.807, 2.05) is 4.68 Å². The lowest BCUT2D eigenvalue weighted by atomic mass is 10.0. The number of nitrogens with two attached hydrogens (primary N) is 1. The number of hydrogen-bond donors (Lipinski definition) is 1. The average Bonchev–Trinajstić information content (AvgIpc) is 3.19. The summed E-state index contributed by atoms with van der Waals surface area (Å²) < 4.78 is 26.1. The van der Waals surface area contributed by atoms with Crippen LogP contribution in [0.2, 0.25) is 0 Å². The number of carbonyl (C=O) groups excluding carboxylic acids is 1. The van der Waals surface area contributed by atoms with Gasteiger partial charge >= 0.3 is 0 Å². The highest BCUT2D eigenvalue weighted by molar-refractivity contribution is 6.00. The minimum Gasteiger partial charge on any atom is -0.471 e. The predicted octanol–water partition coefficient (Wildman–Crippen LogP) is 2.35. The Morgan fingerprint density at radius 3 is 2.73 bits per heavy atom. The van der Waals surface area contributed by atoms with Crippen LogP contribution in [0.1, 0.15) is 18.2 Å². The molecule has 0 saturated carbocycles. The van der Waals surface area contributed by atoms with Crippen molar-refractivity contribution in [1.82, 2.24) is 19.7 Å². The van der Waals surface area contributed by atoms with E-state index in [9.17, 15) is 9.18 Å². The van der Waals surface area contributed by atoms with E-state index in [-0.39, 0.29) is 35.4 Å². The fourth-order valence-corrected chi connectivity index (χ4v) is 3.14. The third kappa shape index (κ3) is 4.06. The van der Waals surface area contributed by atoms with E-state index < -0.39 is 0 Å². The Bertz CT molecular complexity index is 1090. The molecule has 3 heterocycles. The zero-order valence-electron chi connectivity index (χ0n) is 16.3. The molecule has 0 unspecified atom stereocenters. The number of halogens is 1. The van der Waals surface area contributed by atoms with Crippen LogP contribution >= 0.6 is 0 Å². The molecule has 1 aliphatic rings. The highest BCUT2D eigenvalue weighted by Gasteiger charge is 2.18. The molecular formula is C21H20FN5O3. The Balaban J connectivity index is 1.50. The van der Waals surface area contributed by atoms with Gasteiger partial charge < -0.3 is 15.2 Å². The molecule has 0 bridgehead atoms. The number of hydrogen-bond acceptors (Lipinski definition) is 7. The van der Waals surface area contributed by atoms with Gasteiger partial charge in [-0.15, -0.1) is 0 Å². The largest absolute Gasteiger partial charge is 0.471 e. The molecule has 9 heteroatoms. The first-order chi connectivity index (χ1) is 14.5. The van der Waals surface area contributed by atoms with Gasteiger partial charge in [0.15, 0.2) is 5.78 Å². The number of Topliss-reactive ketones (excluding diaryl/α,β-unsaturated/α-hetero) is 1. The smallest absolute Gasteiger partial charge is 0.232 e. The van der Waals surface area contributed by atoms with Crippen molar-refractivity contribution in [3.8, 4) is 17.1 Å². The molecule has 3 aromatic rings. The van der Waals surface area contributed by atoms with Crippen LogP contribution in [0.3, 0.4) is 0 Å². The number of ketones is 1. The Hall–Kier alpha value is -3.59. The van der Waals surface area contributed by atoms with Gasteiger partial charge in [-0.3, -0.25) is 9.48 Å². The highest BCUT2D eigenvalue weighted by atomic mass is 19.1. The van der Waals surface area contributed by atoms with Crippen LogP contribution < -0.4 is 10.5 Å². The summed E-state index contributed by atoms with van der Waals surface area (Å²) in [6.07, 6.45) is 4.81. The van der Waals surface area contributed by atoms with Gasteiger partial charge in [0.25, 0.3) is 0 Å². The molecule has 2 N–H and O–H groups in total. The van der Waals surface area contributed by atoms with E-state index in [2.05, 4.69) is 15.1 Å². The molecule has 0 aliphatic carbocycles. The standard InChI is InChI=1S/C21H20FN5O3/c1-13(28)17(21(23)14-2-4-15(22)5-3-14)11-30-20-10-24-18(9-25-20)16-8-26-27-6-7-29-12-19(16)27/h2-5,8-10H,6-7,11-12,23H2,1H3/b21-17-. The summed E-state index contributed by atoms with van der Waals surface area (Å²) >= 11 is 0. The number of nitrogens with zero attached hydrogens (tertiary/aromatic N) is 4. The Labute approximate surface area is 172 Å². The Kier molecular flexibility index (Phi) is 5.53. The molecule has 1 aromatic carbocycles. The molecule has 30 heavy (non-hydrogen) atoms. The molecule has 2 aromatic heterocycles. The molecule has 0 fully saturated rings. The van der Waals surface area contributed by atoms with Gasteiger partial charge in [-0.2, -0.15) is 5.10 Å². The van der Waals surface area contributed by atoms with E-state index in [1.165, 1.54) is 37.4 Å². The second-order valence-corrected chi connectivity index (χ2v) is 6.76. The normalized spacial score (nSPS) is 14.1. The van der Waals surface area contributed by atoms with Crippen molar-refractivity contribution < 1.29 is 18.7 Å². The van der Waals surface area contributed by atoms with Gasteiger partial charge in [0.05, 0.1) is 55.3 Å².